The van der Waals surface area contributed by atoms with Gasteiger partial charge in [-0.3, -0.25) is 14.7 Å². The van der Waals surface area contributed by atoms with Gasteiger partial charge in [0, 0.05) is 22.8 Å². The third-order valence-corrected chi connectivity index (χ3v) is 5.29. The highest BCUT2D eigenvalue weighted by molar-refractivity contribution is 7.22. The van der Waals surface area contributed by atoms with Crippen LogP contribution in [0.5, 0.6) is 0 Å². The molecular formula is C20H12ClF2N3OS. The third-order valence-electron chi connectivity index (χ3n) is 4.02. The van der Waals surface area contributed by atoms with Crippen LogP contribution in [0, 0.1) is 11.6 Å². The van der Waals surface area contributed by atoms with Crippen LogP contribution >= 0.6 is 22.9 Å². The smallest absolute Gasteiger partial charge is 0.260 e. The average molecular weight is 416 g/mol. The van der Waals surface area contributed by atoms with Gasteiger partial charge in [-0.15, -0.1) is 0 Å². The third kappa shape index (κ3) is 3.72. The molecule has 8 heteroatoms. The van der Waals surface area contributed by atoms with Gasteiger partial charge in [0.15, 0.2) is 10.9 Å². The quantitative estimate of drug-likeness (QED) is 0.444. The van der Waals surface area contributed by atoms with Gasteiger partial charge < -0.3 is 0 Å². The zero-order valence-electron chi connectivity index (χ0n) is 14.3. The summed E-state index contributed by atoms with van der Waals surface area (Å²) < 4.78 is 28.0. The van der Waals surface area contributed by atoms with Crippen molar-refractivity contribution in [1.29, 1.82) is 0 Å². The fourth-order valence-electron chi connectivity index (χ4n) is 2.69. The molecule has 0 bridgehead atoms. The first-order valence-corrected chi connectivity index (χ1v) is 9.43. The van der Waals surface area contributed by atoms with Gasteiger partial charge in [0.05, 0.1) is 16.9 Å². The number of benzene rings is 2. The van der Waals surface area contributed by atoms with Crippen LogP contribution in [0.15, 0.2) is 60.8 Å². The molecule has 1 amide bonds. The van der Waals surface area contributed by atoms with Crippen LogP contribution in [0.25, 0.3) is 10.2 Å². The van der Waals surface area contributed by atoms with Gasteiger partial charge >= 0.3 is 0 Å². The van der Waals surface area contributed by atoms with E-state index in [4.69, 9.17) is 11.6 Å². The Bertz CT molecular complexity index is 1150. The number of carbonyl (C=O) groups excluding carboxylic acids is 1. The first kappa shape index (κ1) is 18.5. The monoisotopic (exact) mass is 415 g/mol. The van der Waals surface area contributed by atoms with Crippen LogP contribution in [0.4, 0.5) is 13.9 Å². The van der Waals surface area contributed by atoms with Crippen molar-refractivity contribution in [3.8, 4) is 0 Å². The van der Waals surface area contributed by atoms with Gasteiger partial charge in [-0.2, -0.15) is 0 Å². The Hall–Kier alpha value is -2.90. The van der Waals surface area contributed by atoms with E-state index in [0.717, 1.165) is 17.4 Å². The maximum atomic E-state index is 14.1. The van der Waals surface area contributed by atoms with Gasteiger partial charge in [-0.25, -0.2) is 13.8 Å². The van der Waals surface area contributed by atoms with Crippen molar-refractivity contribution in [3.63, 3.8) is 0 Å². The second-order valence-electron chi connectivity index (χ2n) is 5.95. The highest BCUT2D eigenvalue weighted by atomic mass is 35.5. The minimum Gasteiger partial charge on any atom is -0.278 e. The highest BCUT2D eigenvalue weighted by Gasteiger charge is 2.23. The fourth-order valence-corrected chi connectivity index (χ4v) is 3.82. The molecule has 0 aliphatic rings. The van der Waals surface area contributed by atoms with Crippen molar-refractivity contribution < 1.29 is 13.6 Å². The van der Waals surface area contributed by atoms with E-state index in [1.807, 2.05) is 0 Å². The van der Waals surface area contributed by atoms with E-state index in [-0.39, 0.29) is 23.1 Å². The van der Waals surface area contributed by atoms with Gasteiger partial charge in [0.2, 0.25) is 0 Å². The summed E-state index contributed by atoms with van der Waals surface area (Å²) in [5.41, 5.74) is 1.05. The Morgan fingerprint density at radius 3 is 2.61 bits per heavy atom. The molecule has 2 aromatic carbocycles. The number of nitrogens with zero attached hydrogens (tertiary/aromatic N) is 3. The minimum absolute atomic E-state index is 0.0244. The van der Waals surface area contributed by atoms with Gasteiger partial charge in [0.25, 0.3) is 5.91 Å². The molecule has 0 saturated heterocycles. The molecule has 4 rings (SSSR count). The molecule has 28 heavy (non-hydrogen) atoms. The predicted octanol–water partition coefficient (Wildman–Crippen LogP) is 5.47. The molecule has 0 atom stereocenters. The average Bonchev–Trinajstić information content (AvgIpc) is 3.11. The zero-order chi connectivity index (χ0) is 19.7. The topological polar surface area (TPSA) is 46.1 Å². The molecule has 4 nitrogen and oxygen atoms in total. The van der Waals surface area contributed by atoms with E-state index < -0.39 is 11.6 Å². The molecule has 2 aromatic heterocycles. The van der Waals surface area contributed by atoms with Crippen LogP contribution in [-0.2, 0) is 6.54 Å². The van der Waals surface area contributed by atoms with E-state index in [1.165, 1.54) is 11.0 Å². The molecule has 0 saturated carbocycles. The molecule has 0 N–H and O–H groups in total. The number of aromatic nitrogens is 2. The molecule has 0 unspecified atom stereocenters. The number of rotatable bonds is 4. The predicted molar refractivity (Wildman–Crippen MR) is 106 cm³/mol. The first-order valence-electron chi connectivity index (χ1n) is 8.24. The largest absolute Gasteiger partial charge is 0.278 e. The molecule has 0 aliphatic heterocycles. The number of anilines is 1. The van der Waals surface area contributed by atoms with Gasteiger partial charge in [0.1, 0.15) is 11.3 Å². The Balaban J connectivity index is 1.79. The Kier molecular flexibility index (Phi) is 5.02. The van der Waals surface area contributed by atoms with Crippen molar-refractivity contribution >= 4 is 44.2 Å². The summed E-state index contributed by atoms with van der Waals surface area (Å²) in [4.78, 5) is 23.0. The van der Waals surface area contributed by atoms with Crippen molar-refractivity contribution in [2.45, 2.75) is 6.54 Å². The lowest BCUT2D eigenvalue weighted by molar-refractivity contribution is 0.0985. The summed E-state index contributed by atoms with van der Waals surface area (Å²) in [5, 5.41) is 0.760. The fraction of sp³-hybridized carbons (Fsp3) is 0.0500. The summed E-state index contributed by atoms with van der Waals surface area (Å²) in [7, 11) is 0. The summed E-state index contributed by atoms with van der Waals surface area (Å²) in [6.45, 7) is 0.131. The molecular weight excluding hydrogens is 404 g/mol. The van der Waals surface area contributed by atoms with Gasteiger partial charge in [-0.1, -0.05) is 29.0 Å². The summed E-state index contributed by atoms with van der Waals surface area (Å²) in [5.74, 6) is -1.81. The van der Waals surface area contributed by atoms with Crippen molar-refractivity contribution in [3.05, 3.63) is 88.7 Å². The van der Waals surface area contributed by atoms with E-state index in [0.29, 0.717) is 21.0 Å². The normalized spacial score (nSPS) is 11.0. The molecule has 2 heterocycles. The number of pyridine rings is 1. The number of carbonyl (C=O) groups is 1. The second-order valence-corrected chi connectivity index (χ2v) is 7.40. The number of hydrogen-bond donors (Lipinski definition) is 0. The lowest BCUT2D eigenvalue weighted by Gasteiger charge is -2.19. The van der Waals surface area contributed by atoms with E-state index in [9.17, 15) is 13.6 Å². The SMILES string of the molecule is O=C(c1ccc(Cl)cc1)N(Cc1ccccn1)c1nc2c(F)cc(F)cc2s1. The number of amides is 1. The number of thiazole rings is 1. The number of fused-ring (bicyclic) bond motifs is 1. The summed E-state index contributed by atoms with van der Waals surface area (Å²) in [6.07, 6.45) is 1.62. The second kappa shape index (κ2) is 7.61. The number of halogens is 3. The standard InChI is InChI=1S/C20H12ClF2N3OS/c21-13-6-4-12(5-7-13)19(27)26(11-15-3-1-2-8-24-15)20-25-18-16(23)9-14(22)10-17(18)28-20/h1-10H,11H2. The van der Waals surface area contributed by atoms with E-state index in [2.05, 4.69) is 9.97 Å². The van der Waals surface area contributed by atoms with Crippen LogP contribution in [0.2, 0.25) is 5.02 Å². The van der Waals surface area contributed by atoms with Crippen LogP contribution < -0.4 is 4.90 Å². The summed E-state index contributed by atoms with van der Waals surface area (Å²) >= 11 is 6.95. The Labute approximate surface area is 168 Å². The van der Waals surface area contributed by atoms with Crippen LogP contribution in [-0.4, -0.2) is 15.9 Å². The zero-order valence-corrected chi connectivity index (χ0v) is 15.8. The maximum Gasteiger partial charge on any atom is 0.260 e. The molecule has 0 fully saturated rings. The van der Waals surface area contributed by atoms with E-state index >= 15 is 0 Å². The highest BCUT2D eigenvalue weighted by Crippen LogP contribution is 2.32. The lowest BCUT2D eigenvalue weighted by Crippen LogP contribution is -2.30. The molecule has 0 aliphatic carbocycles. The van der Waals surface area contributed by atoms with E-state index in [1.54, 1.807) is 48.7 Å². The van der Waals surface area contributed by atoms with Crippen LogP contribution in [0.1, 0.15) is 16.1 Å². The van der Waals surface area contributed by atoms with Crippen molar-refractivity contribution in [2.75, 3.05) is 4.90 Å². The van der Waals surface area contributed by atoms with Crippen molar-refractivity contribution in [1.82, 2.24) is 9.97 Å². The van der Waals surface area contributed by atoms with Crippen molar-refractivity contribution in [2.24, 2.45) is 0 Å². The lowest BCUT2D eigenvalue weighted by atomic mass is 10.2. The molecule has 140 valence electrons. The molecule has 0 spiro atoms. The molecule has 0 radical (unpaired) electrons. The molecule has 4 aromatic rings. The maximum absolute atomic E-state index is 14.1. The first-order chi connectivity index (χ1) is 13.5. The van der Waals surface area contributed by atoms with Crippen LogP contribution in [0.3, 0.4) is 0 Å². The Morgan fingerprint density at radius 2 is 1.89 bits per heavy atom. The Morgan fingerprint density at radius 1 is 1.11 bits per heavy atom. The summed E-state index contributed by atoms with van der Waals surface area (Å²) in [6, 6.07) is 13.7. The number of hydrogen-bond acceptors (Lipinski definition) is 4. The van der Waals surface area contributed by atoms with Gasteiger partial charge in [-0.05, 0) is 42.5 Å². The minimum atomic E-state index is -0.769.